The Labute approximate surface area is 106 Å². The molecule has 3 heteroatoms. The second-order valence-electron chi connectivity index (χ2n) is 4.20. The fraction of sp³-hybridized carbons (Fsp3) is 0.133. The van der Waals surface area contributed by atoms with Gasteiger partial charge in [0.1, 0.15) is 0 Å². The van der Waals surface area contributed by atoms with Crippen molar-refractivity contribution in [3.05, 3.63) is 59.7 Å². The first-order valence-corrected chi connectivity index (χ1v) is 5.72. The molecule has 0 atom stereocenters. The van der Waals surface area contributed by atoms with Gasteiger partial charge in [-0.2, -0.15) is 0 Å². The van der Waals surface area contributed by atoms with Crippen molar-refractivity contribution in [3.8, 4) is 0 Å². The van der Waals surface area contributed by atoms with Crippen LogP contribution in [0.1, 0.15) is 15.9 Å². The van der Waals surface area contributed by atoms with Gasteiger partial charge in [-0.25, -0.2) is 4.79 Å². The first kappa shape index (κ1) is 12.2. The Bertz CT molecular complexity index is 564. The molecule has 2 aromatic rings. The zero-order valence-corrected chi connectivity index (χ0v) is 10.4. The van der Waals surface area contributed by atoms with Crippen molar-refractivity contribution in [3.63, 3.8) is 0 Å². The lowest BCUT2D eigenvalue weighted by Gasteiger charge is -2.21. The maximum atomic E-state index is 10.9. The molecular weight excluding hydrogens is 226 g/mol. The van der Waals surface area contributed by atoms with E-state index in [0.717, 1.165) is 16.9 Å². The Balaban J connectivity index is 2.37. The van der Waals surface area contributed by atoms with Gasteiger partial charge in [0.2, 0.25) is 0 Å². The molecule has 2 aromatic carbocycles. The maximum Gasteiger partial charge on any atom is 0.335 e. The van der Waals surface area contributed by atoms with E-state index in [0.29, 0.717) is 5.56 Å². The Morgan fingerprint density at radius 2 is 1.78 bits per heavy atom. The molecule has 0 amide bonds. The standard InChI is InChI=1S/C15H15NO2/c1-11-10-12(15(17)18)8-9-14(11)16(2)13-6-4-3-5-7-13/h3-10H,1-2H3,(H,17,18). The minimum atomic E-state index is -0.896. The van der Waals surface area contributed by atoms with Crippen molar-refractivity contribution in [2.75, 3.05) is 11.9 Å². The largest absolute Gasteiger partial charge is 0.478 e. The molecule has 1 N–H and O–H groups in total. The zero-order valence-electron chi connectivity index (χ0n) is 10.4. The number of aryl methyl sites for hydroxylation is 1. The summed E-state index contributed by atoms with van der Waals surface area (Å²) >= 11 is 0. The normalized spacial score (nSPS) is 10.1. The van der Waals surface area contributed by atoms with Crippen molar-refractivity contribution >= 4 is 17.3 Å². The molecule has 0 aromatic heterocycles. The van der Waals surface area contributed by atoms with Gasteiger partial charge < -0.3 is 10.0 Å². The van der Waals surface area contributed by atoms with Gasteiger partial charge in [0.05, 0.1) is 5.56 Å². The van der Waals surface area contributed by atoms with E-state index in [1.807, 2.05) is 55.3 Å². The third-order valence-corrected chi connectivity index (χ3v) is 2.95. The molecule has 0 saturated carbocycles. The van der Waals surface area contributed by atoms with E-state index in [1.165, 1.54) is 0 Å². The average Bonchev–Trinajstić information content (AvgIpc) is 2.38. The van der Waals surface area contributed by atoms with E-state index in [1.54, 1.807) is 12.1 Å². The zero-order chi connectivity index (χ0) is 13.1. The molecule has 3 nitrogen and oxygen atoms in total. The lowest BCUT2D eigenvalue weighted by atomic mass is 10.1. The van der Waals surface area contributed by atoms with Gasteiger partial charge in [-0.1, -0.05) is 18.2 Å². The third kappa shape index (κ3) is 2.35. The summed E-state index contributed by atoms with van der Waals surface area (Å²) < 4.78 is 0. The summed E-state index contributed by atoms with van der Waals surface area (Å²) in [6, 6.07) is 15.1. The van der Waals surface area contributed by atoms with Crippen molar-refractivity contribution in [1.82, 2.24) is 0 Å². The van der Waals surface area contributed by atoms with Crippen LogP contribution in [0.3, 0.4) is 0 Å². The fourth-order valence-electron chi connectivity index (χ4n) is 1.96. The summed E-state index contributed by atoms with van der Waals surface area (Å²) in [6.45, 7) is 1.92. The molecular formula is C15H15NO2. The van der Waals surface area contributed by atoms with E-state index in [2.05, 4.69) is 0 Å². The highest BCUT2D eigenvalue weighted by atomic mass is 16.4. The van der Waals surface area contributed by atoms with E-state index in [-0.39, 0.29) is 0 Å². The van der Waals surface area contributed by atoms with Crippen molar-refractivity contribution < 1.29 is 9.90 Å². The molecule has 0 saturated heterocycles. The Morgan fingerprint density at radius 3 is 2.33 bits per heavy atom. The van der Waals surface area contributed by atoms with Crippen molar-refractivity contribution in [2.24, 2.45) is 0 Å². The highest BCUT2D eigenvalue weighted by Gasteiger charge is 2.09. The summed E-state index contributed by atoms with van der Waals surface area (Å²) in [5, 5.41) is 8.94. The average molecular weight is 241 g/mol. The Kier molecular flexibility index (Phi) is 3.33. The van der Waals surface area contributed by atoms with E-state index < -0.39 is 5.97 Å². The van der Waals surface area contributed by atoms with Gasteiger partial charge in [0.25, 0.3) is 0 Å². The maximum absolute atomic E-state index is 10.9. The van der Waals surface area contributed by atoms with Gasteiger partial charge in [-0.15, -0.1) is 0 Å². The number of nitrogens with zero attached hydrogens (tertiary/aromatic N) is 1. The van der Waals surface area contributed by atoms with Crippen molar-refractivity contribution in [1.29, 1.82) is 0 Å². The lowest BCUT2D eigenvalue weighted by molar-refractivity contribution is 0.0697. The molecule has 18 heavy (non-hydrogen) atoms. The van der Waals surface area contributed by atoms with Crippen LogP contribution in [0.25, 0.3) is 0 Å². The van der Waals surface area contributed by atoms with Crippen LogP contribution in [0.15, 0.2) is 48.5 Å². The van der Waals surface area contributed by atoms with Gasteiger partial charge >= 0.3 is 5.97 Å². The van der Waals surface area contributed by atoms with Gasteiger partial charge in [0.15, 0.2) is 0 Å². The van der Waals surface area contributed by atoms with Crippen LogP contribution in [-0.2, 0) is 0 Å². The molecule has 2 rings (SSSR count). The minimum Gasteiger partial charge on any atom is -0.478 e. The molecule has 0 bridgehead atoms. The number of hydrogen-bond acceptors (Lipinski definition) is 2. The Hall–Kier alpha value is -2.29. The second kappa shape index (κ2) is 4.92. The van der Waals surface area contributed by atoms with Gasteiger partial charge in [-0.05, 0) is 42.8 Å². The number of aromatic carboxylic acids is 1. The highest BCUT2D eigenvalue weighted by Crippen LogP contribution is 2.27. The predicted molar refractivity (Wildman–Crippen MR) is 72.6 cm³/mol. The highest BCUT2D eigenvalue weighted by molar-refractivity contribution is 5.88. The van der Waals surface area contributed by atoms with Gasteiger partial charge in [-0.3, -0.25) is 0 Å². The first-order valence-electron chi connectivity index (χ1n) is 5.72. The molecule has 0 aliphatic carbocycles. The van der Waals surface area contributed by atoms with E-state index in [4.69, 9.17) is 5.11 Å². The van der Waals surface area contributed by atoms with Gasteiger partial charge in [0, 0.05) is 18.4 Å². The number of carbonyl (C=O) groups is 1. The number of carboxylic acids is 1. The molecule has 0 radical (unpaired) electrons. The molecule has 92 valence electrons. The number of para-hydroxylation sites is 1. The SMILES string of the molecule is Cc1cc(C(=O)O)ccc1N(C)c1ccccc1. The van der Waals surface area contributed by atoms with Crippen LogP contribution in [0.2, 0.25) is 0 Å². The van der Waals surface area contributed by atoms with E-state index >= 15 is 0 Å². The summed E-state index contributed by atoms with van der Waals surface area (Å²) in [5.74, 6) is -0.896. The summed E-state index contributed by atoms with van der Waals surface area (Å²) in [7, 11) is 1.97. The van der Waals surface area contributed by atoms with Crippen molar-refractivity contribution in [2.45, 2.75) is 6.92 Å². The number of anilines is 2. The van der Waals surface area contributed by atoms with E-state index in [9.17, 15) is 4.79 Å². The molecule has 0 aliphatic heterocycles. The smallest absolute Gasteiger partial charge is 0.335 e. The predicted octanol–water partition coefficient (Wildman–Crippen LogP) is 3.46. The van der Waals surface area contributed by atoms with Crippen LogP contribution < -0.4 is 4.90 Å². The molecule has 0 spiro atoms. The molecule has 0 unspecified atom stereocenters. The Morgan fingerprint density at radius 1 is 1.11 bits per heavy atom. The summed E-state index contributed by atoms with van der Waals surface area (Å²) in [5.41, 5.74) is 3.34. The summed E-state index contributed by atoms with van der Waals surface area (Å²) in [4.78, 5) is 12.9. The second-order valence-corrected chi connectivity index (χ2v) is 4.20. The third-order valence-electron chi connectivity index (χ3n) is 2.95. The van der Waals surface area contributed by atoms with Crippen LogP contribution in [0, 0.1) is 6.92 Å². The fourth-order valence-corrected chi connectivity index (χ4v) is 1.96. The topological polar surface area (TPSA) is 40.5 Å². The monoisotopic (exact) mass is 241 g/mol. The molecule has 0 fully saturated rings. The molecule has 0 aliphatic rings. The number of hydrogen-bond donors (Lipinski definition) is 1. The number of benzene rings is 2. The van der Waals surface area contributed by atoms with Crippen LogP contribution >= 0.6 is 0 Å². The van der Waals surface area contributed by atoms with Crippen LogP contribution in [-0.4, -0.2) is 18.1 Å². The lowest BCUT2D eigenvalue weighted by Crippen LogP contribution is -2.11. The van der Waals surface area contributed by atoms with Crippen LogP contribution in [0.5, 0.6) is 0 Å². The molecule has 0 heterocycles. The summed E-state index contributed by atoms with van der Waals surface area (Å²) in [6.07, 6.45) is 0. The minimum absolute atomic E-state index is 0.317. The number of rotatable bonds is 3. The van der Waals surface area contributed by atoms with Crippen LogP contribution in [0.4, 0.5) is 11.4 Å². The number of carboxylic acid groups (broad SMARTS) is 1. The quantitative estimate of drug-likeness (QED) is 0.894. The first-order chi connectivity index (χ1) is 8.59.